The highest BCUT2D eigenvalue weighted by Crippen LogP contribution is 2.29. The van der Waals surface area contributed by atoms with Gasteiger partial charge in [-0.25, -0.2) is 0 Å². The molecule has 0 bridgehead atoms. The van der Waals surface area contributed by atoms with Crippen molar-refractivity contribution in [1.82, 2.24) is 4.90 Å². The second-order valence-electron chi connectivity index (χ2n) is 3.18. The van der Waals surface area contributed by atoms with Crippen molar-refractivity contribution >= 4 is 34.8 Å². The molecule has 0 heterocycles. The van der Waals surface area contributed by atoms with Gasteiger partial charge in [0.1, 0.15) is 0 Å². The number of nitrogens with two attached hydrogens (primary N) is 1. The Labute approximate surface area is 98.8 Å². The summed E-state index contributed by atoms with van der Waals surface area (Å²) in [6, 6.07) is 3.05. The Morgan fingerprint density at radius 1 is 1.47 bits per heavy atom. The molecule has 0 saturated heterocycles. The summed E-state index contributed by atoms with van der Waals surface area (Å²) in [4.78, 5) is 13.4. The molecule has 0 unspecified atom stereocenters. The maximum atomic E-state index is 11.8. The Balaban J connectivity index is 3.19. The lowest BCUT2D eigenvalue weighted by Gasteiger charge is -2.16. The summed E-state index contributed by atoms with van der Waals surface area (Å²) < 4.78 is 0. The van der Waals surface area contributed by atoms with E-state index in [0.717, 1.165) is 0 Å². The number of carbonyl (C=O) groups excluding carboxylic acids is 1. The fraction of sp³-hybridized carbons (Fsp3) is 0.300. The molecule has 0 aliphatic rings. The topological polar surface area (TPSA) is 46.3 Å². The van der Waals surface area contributed by atoms with E-state index in [1.165, 1.54) is 17.0 Å². The van der Waals surface area contributed by atoms with Gasteiger partial charge in [-0.3, -0.25) is 4.79 Å². The molecule has 5 heteroatoms. The molecule has 0 aromatic heterocycles. The van der Waals surface area contributed by atoms with Gasteiger partial charge >= 0.3 is 0 Å². The van der Waals surface area contributed by atoms with Crippen molar-refractivity contribution in [2.45, 2.75) is 6.92 Å². The number of nitrogen functional groups attached to an aromatic ring is 1. The molecule has 0 saturated carbocycles. The van der Waals surface area contributed by atoms with Crippen LogP contribution in [0.2, 0.25) is 10.0 Å². The van der Waals surface area contributed by atoms with Crippen molar-refractivity contribution in [1.29, 1.82) is 0 Å². The van der Waals surface area contributed by atoms with E-state index in [4.69, 9.17) is 28.9 Å². The lowest BCUT2D eigenvalue weighted by atomic mass is 10.2. The SMILES string of the molecule is CCN(C)C(=O)c1cc(N)cc(Cl)c1Cl. The first kappa shape index (κ1) is 12.1. The first-order valence-corrected chi connectivity index (χ1v) is 5.23. The van der Waals surface area contributed by atoms with Crippen molar-refractivity contribution < 1.29 is 4.79 Å². The van der Waals surface area contributed by atoms with Crippen LogP contribution in [-0.4, -0.2) is 24.4 Å². The highest BCUT2D eigenvalue weighted by molar-refractivity contribution is 6.44. The van der Waals surface area contributed by atoms with Crippen molar-refractivity contribution in [2.24, 2.45) is 0 Å². The summed E-state index contributed by atoms with van der Waals surface area (Å²) in [5.41, 5.74) is 6.36. The fourth-order valence-corrected chi connectivity index (χ4v) is 1.53. The van der Waals surface area contributed by atoms with E-state index in [0.29, 0.717) is 22.8 Å². The summed E-state index contributed by atoms with van der Waals surface area (Å²) in [7, 11) is 1.69. The Kier molecular flexibility index (Phi) is 3.83. The lowest BCUT2D eigenvalue weighted by Crippen LogP contribution is -2.26. The maximum Gasteiger partial charge on any atom is 0.255 e. The van der Waals surface area contributed by atoms with Crippen LogP contribution in [0.15, 0.2) is 12.1 Å². The molecule has 0 atom stereocenters. The first-order chi connectivity index (χ1) is 6.97. The molecule has 0 aliphatic heterocycles. The van der Waals surface area contributed by atoms with Gasteiger partial charge in [-0.1, -0.05) is 23.2 Å². The van der Waals surface area contributed by atoms with Crippen molar-refractivity contribution in [3.05, 3.63) is 27.7 Å². The second-order valence-corrected chi connectivity index (χ2v) is 3.97. The standard InChI is InChI=1S/C10H12Cl2N2O/c1-3-14(2)10(15)7-4-6(13)5-8(11)9(7)12/h4-5H,3,13H2,1-2H3. The van der Waals surface area contributed by atoms with E-state index in [9.17, 15) is 4.79 Å². The molecule has 2 N–H and O–H groups in total. The number of carbonyl (C=O) groups is 1. The zero-order chi connectivity index (χ0) is 11.6. The Hall–Kier alpha value is -0.930. The summed E-state index contributed by atoms with van der Waals surface area (Å²) in [6.45, 7) is 2.47. The molecule has 3 nitrogen and oxygen atoms in total. The van der Waals surface area contributed by atoms with Gasteiger partial charge in [0.25, 0.3) is 5.91 Å². The monoisotopic (exact) mass is 246 g/mol. The molecule has 1 aromatic carbocycles. The predicted octanol–water partition coefficient (Wildman–Crippen LogP) is 2.67. The minimum absolute atomic E-state index is 0.184. The lowest BCUT2D eigenvalue weighted by molar-refractivity contribution is 0.0802. The van der Waals surface area contributed by atoms with Gasteiger partial charge in [-0.15, -0.1) is 0 Å². The molecule has 0 radical (unpaired) electrons. The van der Waals surface area contributed by atoms with Crippen molar-refractivity contribution in [3.63, 3.8) is 0 Å². The molecule has 1 aromatic rings. The Morgan fingerprint density at radius 2 is 2.07 bits per heavy atom. The van der Waals surface area contributed by atoms with Crippen LogP contribution in [0.4, 0.5) is 5.69 Å². The zero-order valence-corrected chi connectivity index (χ0v) is 10.1. The zero-order valence-electron chi connectivity index (χ0n) is 8.55. The fourth-order valence-electron chi connectivity index (χ4n) is 1.11. The number of benzene rings is 1. The Morgan fingerprint density at radius 3 is 2.60 bits per heavy atom. The van der Waals surface area contributed by atoms with Crippen LogP contribution < -0.4 is 5.73 Å². The highest BCUT2D eigenvalue weighted by atomic mass is 35.5. The Bertz CT molecular complexity index is 393. The summed E-state index contributed by atoms with van der Waals surface area (Å²) in [5.74, 6) is -0.184. The number of anilines is 1. The third-order valence-electron chi connectivity index (χ3n) is 2.10. The van der Waals surface area contributed by atoms with E-state index >= 15 is 0 Å². The quantitative estimate of drug-likeness (QED) is 0.816. The average molecular weight is 247 g/mol. The van der Waals surface area contributed by atoms with Crippen LogP contribution in [0, 0.1) is 0 Å². The van der Waals surface area contributed by atoms with Crippen molar-refractivity contribution in [2.75, 3.05) is 19.3 Å². The van der Waals surface area contributed by atoms with Crippen LogP contribution in [0.1, 0.15) is 17.3 Å². The molecule has 1 amide bonds. The van der Waals surface area contributed by atoms with Crippen LogP contribution in [-0.2, 0) is 0 Å². The minimum Gasteiger partial charge on any atom is -0.399 e. The van der Waals surface area contributed by atoms with Gasteiger partial charge in [-0.2, -0.15) is 0 Å². The van der Waals surface area contributed by atoms with E-state index < -0.39 is 0 Å². The molecule has 15 heavy (non-hydrogen) atoms. The van der Waals surface area contributed by atoms with E-state index in [-0.39, 0.29) is 10.9 Å². The number of halogens is 2. The van der Waals surface area contributed by atoms with Crippen LogP contribution in [0.5, 0.6) is 0 Å². The van der Waals surface area contributed by atoms with Gasteiger partial charge in [-0.05, 0) is 19.1 Å². The molecule has 0 aliphatic carbocycles. The highest BCUT2D eigenvalue weighted by Gasteiger charge is 2.16. The van der Waals surface area contributed by atoms with E-state index in [1.807, 2.05) is 6.92 Å². The maximum absolute atomic E-state index is 11.8. The van der Waals surface area contributed by atoms with Gasteiger partial charge in [0.15, 0.2) is 0 Å². The summed E-state index contributed by atoms with van der Waals surface area (Å²) in [6.07, 6.45) is 0. The van der Waals surface area contributed by atoms with E-state index in [2.05, 4.69) is 0 Å². The third-order valence-corrected chi connectivity index (χ3v) is 2.90. The van der Waals surface area contributed by atoms with Crippen LogP contribution >= 0.6 is 23.2 Å². The van der Waals surface area contributed by atoms with Gasteiger partial charge in [0.2, 0.25) is 0 Å². The number of amides is 1. The molecule has 82 valence electrons. The smallest absolute Gasteiger partial charge is 0.255 e. The van der Waals surface area contributed by atoms with Gasteiger partial charge < -0.3 is 10.6 Å². The summed E-state index contributed by atoms with van der Waals surface area (Å²) >= 11 is 11.8. The van der Waals surface area contributed by atoms with Crippen molar-refractivity contribution in [3.8, 4) is 0 Å². The third kappa shape index (κ3) is 2.55. The largest absolute Gasteiger partial charge is 0.399 e. The van der Waals surface area contributed by atoms with Crippen LogP contribution in [0.25, 0.3) is 0 Å². The molecule has 0 fully saturated rings. The number of nitrogens with zero attached hydrogens (tertiary/aromatic N) is 1. The molecular weight excluding hydrogens is 235 g/mol. The van der Waals surface area contributed by atoms with E-state index in [1.54, 1.807) is 7.05 Å². The predicted molar refractivity (Wildman–Crippen MR) is 63.5 cm³/mol. The first-order valence-electron chi connectivity index (χ1n) is 4.47. The molecule has 1 rings (SSSR count). The summed E-state index contributed by atoms with van der Waals surface area (Å²) in [5, 5.41) is 0.542. The number of hydrogen-bond acceptors (Lipinski definition) is 2. The molecular formula is C10H12Cl2N2O. The normalized spacial score (nSPS) is 10.1. The average Bonchev–Trinajstić information content (AvgIpc) is 2.21. The number of hydrogen-bond donors (Lipinski definition) is 1. The van der Waals surface area contributed by atoms with Gasteiger partial charge in [0, 0.05) is 19.3 Å². The second kappa shape index (κ2) is 4.73. The van der Waals surface area contributed by atoms with Crippen LogP contribution in [0.3, 0.4) is 0 Å². The molecule has 0 spiro atoms. The van der Waals surface area contributed by atoms with Gasteiger partial charge in [0.05, 0.1) is 15.6 Å². The number of rotatable bonds is 2. The minimum atomic E-state index is -0.184.